The zero-order valence-corrected chi connectivity index (χ0v) is 31.0. The highest BCUT2D eigenvalue weighted by atomic mass is 32.1. The summed E-state index contributed by atoms with van der Waals surface area (Å²) in [4.78, 5) is 77.4. The molecule has 2 fully saturated rings. The van der Waals surface area contributed by atoms with E-state index in [-0.39, 0.29) is 35.9 Å². The molecule has 2 aromatic heterocycles. The summed E-state index contributed by atoms with van der Waals surface area (Å²) < 4.78 is 10.6. The molecule has 0 spiro atoms. The van der Waals surface area contributed by atoms with Crippen LogP contribution in [0.25, 0.3) is 0 Å². The Morgan fingerprint density at radius 2 is 1.88 bits per heavy atom. The lowest BCUT2D eigenvalue weighted by Gasteiger charge is -2.34. The number of methoxy groups -OCH3 is 1. The monoisotopic (exact) mass is 716 g/mol. The molecular weight excluding hydrogens is 669 g/mol. The molecule has 4 atom stereocenters. The molecule has 49 heavy (non-hydrogen) atoms. The van der Waals surface area contributed by atoms with E-state index in [2.05, 4.69) is 20.6 Å². The number of likely N-dealkylation sites (N-methyl/N-ethyl adjacent to an activating group) is 2. The molecule has 1 saturated heterocycles. The Morgan fingerprint density at radius 1 is 1.14 bits per heavy atom. The van der Waals surface area contributed by atoms with Crippen LogP contribution in [0.3, 0.4) is 0 Å². The summed E-state index contributed by atoms with van der Waals surface area (Å²) in [5, 5.41) is 10.7. The molecule has 3 amide bonds. The van der Waals surface area contributed by atoms with Gasteiger partial charge in [-0.1, -0.05) is 18.9 Å². The SMILES string of the molecule is COC(=O)[C@@H](C)C[C@H](Cc1nccs1)NC(=O)c1csc([C@@H](CC(=C(C)C)N(C)C(=O)C2(NC(=O)[C@H]3CCCCN3C)CC2)OC(C)=O)n1. The van der Waals surface area contributed by atoms with Crippen LogP contribution < -0.4 is 10.6 Å². The molecule has 0 radical (unpaired) electrons. The van der Waals surface area contributed by atoms with Crippen LogP contribution in [-0.4, -0.2) is 94.8 Å². The lowest BCUT2D eigenvalue weighted by atomic mass is 9.99. The molecule has 4 rings (SSSR count). The van der Waals surface area contributed by atoms with Gasteiger partial charge in [-0.25, -0.2) is 9.97 Å². The quantitative estimate of drug-likeness (QED) is 0.258. The van der Waals surface area contributed by atoms with Gasteiger partial charge in [-0.2, -0.15) is 0 Å². The third-order valence-corrected chi connectivity index (χ3v) is 10.8. The second-order valence-corrected chi connectivity index (χ2v) is 15.1. The number of aromatic nitrogens is 2. The number of esters is 2. The maximum atomic E-state index is 13.9. The van der Waals surface area contributed by atoms with E-state index in [0.717, 1.165) is 36.4 Å². The maximum Gasteiger partial charge on any atom is 0.308 e. The predicted molar refractivity (Wildman–Crippen MR) is 186 cm³/mol. The average molecular weight is 717 g/mol. The van der Waals surface area contributed by atoms with Gasteiger partial charge in [0.1, 0.15) is 16.2 Å². The second-order valence-electron chi connectivity index (χ2n) is 13.2. The summed E-state index contributed by atoms with van der Waals surface area (Å²) in [6.45, 7) is 7.64. The molecule has 3 heterocycles. The van der Waals surface area contributed by atoms with Crippen molar-refractivity contribution in [2.45, 2.75) is 103 Å². The number of hydrogen-bond donors (Lipinski definition) is 2. The van der Waals surface area contributed by atoms with Gasteiger partial charge in [0, 0.05) is 55.5 Å². The Bertz CT molecular complexity index is 1530. The summed E-state index contributed by atoms with van der Waals surface area (Å²) in [6.07, 6.45) is 5.62. The summed E-state index contributed by atoms with van der Waals surface area (Å²) in [6, 6.07) is -0.663. The first-order valence-corrected chi connectivity index (χ1v) is 18.4. The van der Waals surface area contributed by atoms with Crippen LogP contribution in [0.4, 0.5) is 0 Å². The molecule has 1 aliphatic heterocycles. The summed E-state index contributed by atoms with van der Waals surface area (Å²) in [7, 11) is 4.94. The normalized spacial score (nSPS) is 18.7. The van der Waals surface area contributed by atoms with Gasteiger partial charge in [0.25, 0.3) is 11.8 Å². The van der Waals surface area contributed by atoms with E-state index in [0.29, 0.717) is 36.4 Å². The minimum Gasteiger partial charge on any atom is -0.469 e. The van der Waals surface area contributed by atoms with E-state index in [1.807, 2.05) is 31.2 Å². The Balaban J connectivity index is 1.48. The van der Waals surface area contributed by atoms with Crippen molar-refractivity contribution in [3.63, 3.8) is 0 Å². The van der Waals surface area contributed by atoms with E-state index in [9.17, 15) is 24.0 Å². The van der Waals surface area contributed by atoms with Crippen molar-refractivity contribution in [2.75, 3.05) is 27.7 Å². The molecule has 0 bridgehead atoms. The lowest BCUT2D eigenvalue weighted by molar-refractivity contribution is -0.147. The first-order chi connectivity index (χ1) is 23.2. The largest absolute Gasteiger partial charge is 0.469 e. The highest BCUT2D eigenvalue weighted by Gasteiger charge is 2.54. The maximum absolute atomic E-state index is 13.9. The minimum absolute atomic E-state index is 0.125. The van der Waals surface area contributed by atoms with Crippen molar-refractivity contribution >= 4 is 52.3 Å². The van der Waals surface area contributed by atoms with Crippen molar-refractivity contribution in [1.29, 1.82) is 0 Å². The van der Waals surface area contributed by atoms with Crippen molar-refractivity contribution in [1.82, 2.24) is 30.4 Å². The number of hydrogen-bond acceptors (Lipinski definition) is 12. The third kappa shape index (κ3) is 9.94. The molecule has 1 aliphatic carbocycles. The van der Waals surface area contributed by atoms with Crippen LogP contribution in [0.5, 0.6) is 0 Å². The van der Waals surface area contributed by atoms with Gasteiger partial charge < -0.3 is 25.0 Å². The molecule has 2 N–H and O–H groups in total. The molecule has 0 aromatic carbocycles. The number of amides is 3. The standard InChI is InChI=1S/C34H48N6O7S2/c1-20(2)26(40(6)33(45)34(11-12-34)38-30(43)25-10-8-9-14-39(25)5)18-27(47-22(4)41)31-37-24(19-49-31)29(42)36-23(16-21(3)32(44)46-7)17-28-35-13-15-48-28/h13,15,19,21,23,25,27H,8-12,14,16-18H2,1-7H3,(H,36,42)(H,38,43)/t21-,23+,25+,27+/m0/s1. The van der Waals surface area contributed by atoms with Crippen molar-refractivity contribution in [3.05, 3.63) is 43.9 Å². The Kier molecular flexibility index (Phi) is 13.1. The molecule has 2 aromatic rings. The molecule has 268 valence electrons. The molecule has 0 unspecified atom stereocenters. The zero-order chi connectivity index (χ0) is 35.9. The first-order valence-electron chi connectivity index (χ1n) is 16.6. The van der Waals surface area contributed by atoms with Gasteiger partial charge in [-0.15, -0.1) is 22.7 Å². The number of ether oxygens (including phenoxy) is 2. The number of thiazole rings is 2. The van der Waals surface area contributed by atoms with Gasteiger partial charge in [-0.3, -0.25) is 28.9 Å². The molecule has 2 aliphatic rings. The summed E-state index contributed by atoms with van der Waals surface area (Å²) in [5.41, 5.74) is 0.645. The van der Waals surface area contributed by atoms with Crippen LogP contribution in [-0.2, 0) is 35.1 Å². The molecule has 13 nitrogen and oxygen atoms in total. The summed E-state index contributed by atoms with van der Waals surface area (Å²) >= 11 is 2.64. The number of likely N-dealkylation sites (tertiary alicyclic amines) is 1. The van der Waals surface area contributed by atoms with E-state index in [1.54, 1.807) is 30.4 Å². The predicted octanol–water partition coefficient (Wildman–Crippen LogP) is 4.02. The van der Waals surface area contributed by atoms with Gasteiger partial charge in [0.15, 0.2) is 6.10 Å². The topological polar surface area (TPSA) is 160 Å². The Hall–Kier alpha value is -3.69. The number of allylic oxidation sites excluding steroid dienone is 1. The summed E-state index contributed by atoms with van der Waals surface area (Å²) in [5.74, 6) is -2.13. The first kappa shape index (κ1) is 38.1. The smallest absolute Gasteiger partial charge is 0.308 e. The van der Waals surface area contributed by atoms with Crippen LogP contribution in [0.15, 0.2) is 28.2 Å². The minimum atomic E-state index is -0.964. The molecule has 1 saturated carbocycles. The highest BCUT2D eigenvalue weighted by Crippen LogP contribution is 2.40. The number of rotatable bonds is 15. The third-order valence-electron chi connectivity index (χ3n) is 9.08. The number of carbonyl (C=O) groups excluding carboxylic acids is 5. The number of carbonyl (C=O) groups is 5. The van der Waals surface area contributed by atoms with Gasteiger partial charge in [0.2, 0.25) is 5.91 Å². The fourth-order valence-electron chi connectivity index (χ4n) is 6.20. The molecule has 15 heteroatoms. The van der Waals surface area contributed by atoms with Crippen molar-refractivity contribution < 1.29 is 33.4 Å². The van der Waals surface area contributed by atoms with E-state index in [4.69, 9.17) is 9.47 Å². The number of nitrogens with one attached hydrogen (secondary N) is 2. The molecular formula is C34H48N6O7S2. The second kappa shape index (κ2) is 16.8. The fourth-order valence-corrected chi connectivity index (χ4v) is 7.72. The number of nitrogens with zero attached hydrogens (tertiary/aromatic N) is 4. The zero-order valence-electron chi connectivity index (χ0n) is 29.4. The van der Waals surface area contributed by atoms with Crippen LogP contribution >= 0.6 is 22.7 Å². The van der Waals surface area contributed by atoms with E-state index in [1.165, 1.54) is 36.7 Å². The van der Waals surface area contributed by atoms with Crippen LogP contribution in [0.2, 0.25) is 0 Å². The fraction of sp³-hybridized carbons (Fsp3) is 0.618. The Labute approximate surface area is 295 Å². The average Bonchev–Trinajstić information content (AvgIpc) is 3.40. The van der Waals surface area contributed by atoms with Crippen molar-refractivity contribution in [3.8, 4) is 0 Å². The van der Waals surface area contributed by atoms with Crippen LogP contribution in [0, 0.1) is 5.92 Å². The van der Waals surface area contributed by atoms with Crippen molar-refractivity contribution in [2.24, 2.45) is 5.92 Å². The highest BCUT2D eigenvalue weighted by molar-refractivity contribution is 7.10. The van der Waals surface area contributed by atoms with Gasteiger partial charge in [0.05, 0.1) is 24.1 Å². The van der Waals surface area contributed by atoms with E-state index >= 15 is 0 Å². The Morgan fingerprint density at radius 3 is 2.47 bits per heavy atom. The van der Waals surface area contributed by atoms with Gasteiger partial charge >= 0.3 is 11.9 Å². The van der Waals surface area contributed by atoms with Crippen LogP contribution in [0.1, 0.15) is 99.2 Å². The lowest BCUT2D eigenvalue weighted by Crippen LogP contribution is -2.55. The van der Waals surface area contributed by atoms with E-state index < -0.39 is 35.5 Å². The number of piperidine rings is 1. The van der Waals surface area contributed by atoms with Gasteiger partial charge in [-0.05, 0) is 59.5 Å².